The summed E-state index contributed by atoms with van der Waals surface area (Å²) in [6.45, 7) is 6.12. The van der Waals surface area contributed by atoms with Crippen molar-refractivity contribution >= 4 is 11.6 Å². The van der Waals surface area contributed by atoms with E-state index in [-0.39, 0.29) is 0 Å². The summed E-state index contributed by atoms with van der Waals surface area (Å²) in [6.07, 6.45) is 2.39. The van der Waals surface area contributed by atoms with Crippen LogP contribution in [-0.2, 0) is 6.42 Å². The lowest BCUT2D eigenvalue weighted by atomic mass is 10.0. The molecule has 0 N–H and O–H groups in total. The third-order valence-electron chi connectivity index (χ3n) is 2.97. The highest BCUT2D eigenvalue weighted by Crippen LogP contribution is 2.16. The first-order valence-corrected chi connectivity index (χ1v) is 6.08. The molecule has 1 fully saturated rings. The summed E-state index contributed by atoms with van der Waals surface area (Å²) < 4.78 is 0. The van der Waals surface area contributed by atoms with Crippen LogP contribution in [0, 0.1) is 5.92 Å². The highest BCUT2D eigenvalue weighted by Gasteiger charge is 2.20. The Hall–Kier alpha value is -0.530. The first kappa shape index (κ1) is 11.0. The highest BCUT2D eigenvalue weighted by molar-refractivity contribution is 6.30. The van der Waals surface area contributed by atoms with Gasteiger partial charge in [-0.1, -0.05) is 30.7 Å². The summed E-state index contributed by atoms with van der Waals surface area (Å²) in [4.78, 5) is 2.52. The normalized spacial score (nSPS) is 17.7. The van der Waals surface area contributed by atoms with Crippen molar-refractivity contribution in [3.8, 4) is 0 Å². The second-order valence-corrected chi connectivity index (χ2v) is 5.03. The van der Waals surface area contributed by atoms with Crippen LogP contribution in [0.15, 0.2) is 24.3 Å². The molecule has 0 unspecified atom stereocenters. The maximum absolute atomic E-state index is 5.93. The first-order valence-electron chi connectivity index (χ1n) is 5.71. The predicted molar refractivity (Wildman–Crippen MR) is 65.4 cm³/mol. The minimum atomic E-state index is 0.852. The first-order chi connectivity index (χ1) is 7.24. The summed E-state index contributed by atoms with van der Waals surface area (Å²) in [5.41, 5.74) is 1.36. The van der Waals surface area contributed by atoms with Crippen LogP contribution in [0.1, 0.15) is 18.9 Å². The lowest BCUT2D eigenvalue weighted by molar-refractivity contribution is 0.112. The van der Waals surface area contributed by atoms with Crippen molar-refractivity contribution in [2.45, 2.75) is 19.8 Å². The van der Waals surface area contributed by atoms with Crippen molar-refractivity contribution < 1.29 is 0 Å². The van der Waals surface area contributed by atoms with Crippen molar-refractivity contribution in [1.29, 1.82) is 0 Å². The predicted octanol–water partition coefficient (Wildman–Crippen LogP) is 3.22. The topological polar surface area (TPSA) is 3.24 Å². The van der Waals surface area contributed by atoms with Gasteiger partial charge in [-0.15, -0.1) is 0 Å². The number of likely N-dealkylation sites (tertiary alicyclic amines) is 1. The maximum Gasteiger partial charge on any atom is 0.0408 e. The van der Waals surface area contributed by atoms with Crippen LogP contribution in [-0.4, -0.2) is 24.5 Å². The monoisotopic (exact) mass is 223 g/mol. The zero-order valence-electron chi connectivity index (χ0n) is 9.25. The largest absolute Gasteiger partial charge is 0.303 e. The van der Waals surface area contributed by atoms with Gasteiger partial charge in [0.2, 0.25) is 0 Å². The average Bonchev–Trinajstić information content (AvgIpc) is 2.15. The number of hydrogen-bond acceptors (Lipinski definition) is 1. The molecule has 15 heavy (non-hydrogen) atoms. The Balaban J connectivity index is 1.69. The molecule has 1 nitrogen and oxygen atoms in total. The molecule has 0 spiro atoms. The van der Waals surface area contributed by atoms with Gasteiger partial charge in [-0.2, -0.15) is 0 Å². The summed E-state index contributed by atoms with van der Waals surface area (Å²) in [5, 5.41) is 0.852. The fourth-order valence-corrected chi connectivity index (χ4v) is 2.42. The van der Waals surface area contributed by atoms with Gasteiger partial charge < -0.3 is 4.90 Å². The number of hydrogen-bond donors (Lipinski definition) is 0. The van der Waals surface area contributed by atoms with Gasteiger partial charge in [-0.25, -0.2) is 0 Å². The second kappa shape index (κ2) is 5.00. The maximum atomic E-state index is 5.93. The van der Waals surface area contributed by atoms with Gasteiger partial charge >= 0.3 is 0 Å². The van der Waals surface area contributed by atoms with Gasteiger partial charge in [0, 0.05) is 18.1 Å². The van der Waals surface area contributed by atoms with E-state index in [0.717, 1.165) is 17.4 Å². The van der Waals surface area contributed by atoms with Crippen molar-refractivity contribution in [2.75, 3.05) is 19.6 Å². The fraction of sp³-hybridized carbons (Fsp3) is 0.538. The molecule has 1 heterocycles. The SMILES string of the molecule is CC1CN(CCCc2cccc(Cl)c2)C1. The average molecular weight is 224 g/mol. The van der Waals surface area contributed by atoms with Crippen molar-refractivity contribution in [2.24, 2.45) is 5.92 Å². The molecule has 0 saturated carbocycles. The van der Waals surface area contributed by atoms with Crippen LogP contribution in [0.4, 0.5) is 0 Å². The van der Waals surface area contributed by atoms with E-state index in [9.17, 15) is 0 Å². The minimum Gasteiger partial charge on any atom is -0.303 e. The molecule has 2 rings (SSSR count). The second-order valence-electron chi connectivity index (χ2n) is 4.60. The Morgan fingerprint density at radius 2 is 2.20 bits per heavy atom. The van der Waals surface area contributed by atoms with Gasteiger partial charge in [0.05, 0.1) is 0 Å². The number of benzene rings is 1. The molecule has 1 saturated heterocycles. The fourth-order valence-electron chi connectivity index (χ4n) is 2.21. The molecule has 1 aromatic rings. The Labute approximate surface area is 97.0 Å². The van der Waals surface area contributed by atoms with Crippen LogP contribution in [0.25, 0.3) is 0 Å². The molecule has 1 aromatic carbocycles. The Bertz CT molecular complexity index is 318. The summed E-state index contributed by atoms with van der Waals surface area (Å²) in [6, 6.07) is 8.19. The van der Waals surface area contributed by atoms with Crippen molar-refractivity contribution in [3.63, 3.8) is 0 Å². The molecule has 0 atom stereocenters. The molecule has 0 aliphatic carbocycles. The third-order valence-corrected chi connectivity index (χ3v) is 3.20. The molecule has 82 valence electrons. The third kappa shape index (κ3) is 3.22. The van der Waals surface area contributed by atoms with Gasteiger partial charge in [0.15, 0.2) is 0 Å². The van der Waals surface area contributed by atoms with Crippen LogP contribution in [0.3, 0.4) is 0 Å². The molecule has 0 bridgehead atoms. The van der Waals surface area contributed by atoms with E-state index in [1.807, 2.05) is 12.1 Å². The van der Waals surface area contributed by atoms with Crippen LogP contribution in [0.5, 0.6) is 0 Å². The Morgan fingerprint density at radius 1 is 1.40 bits per heavy atom. The zero-order chi connectivity index (χ0) is 10.7. The summed E-state index contributed by atoms with van der Waals surface area (Å²) >= 11 is 5.93. The molecule has 1 aliphatic rings. The van der Waals surface area contributed by atoms with Crippen LogP contribution >= 0.6 is 11.6 Å². The van der Waals surface area contributed by atoms with E-state index in [2.05, 4.69) is 24.0 Å². The van der Waals surface area contributed by atoms with E-state index in [0.29, 0.717) is 0 Å². The standard InChI is InChI=1S/C13H18ClN/c1-11-9-15(10-11)7-3-5-12-4-2-6-13(14)8-12/h2,4,6,8,11H,3,5,7,9-10H2,1H3. The molecule has 0 amide bonds. The molecule has 0 radical (unpaired) electrons. The molecule has 2 heteroatoms. The van der Waals surface area contributed by atoms with E-state index in [1.54, 1.807) is 0 Å². The lowest BCUT2D eigenvalue weighted by Gasteiger charge is -2.37. The number of rotatable bonds is 4. The van der Waals surface area contributed by atoms with E-state index in [1.165, 1.54) is 31.6 Å². The quantitative estimate of drug-likeness (QED) is 0.758. The van der Waals surface area contributed by atoms with Crippen LogP contribution in [0.2, 0.25) is 5.02 Å². The van der Waals surface area contributed by atoms with Gasteiger partial charge in [-0.3, -0.25) is 0 Å². The smallest absolute Gasteiger partial charge is 0.0408 e. The number of aryl methyl sites for hydroxylation is 1. The minimum absolute atomic E-state index is 0.852. The van der Waals surface area contributed by atoms with E-state index in [4.69, 9.17) is 11.6 Å². The molecular weight excluding hydrogens is 206 g/mol. The Kier molecular flexibility index (Phi) is 3.66. The van der Waals surface area contributed by atoms with E-state index < -0.39 is 0 Å². The van der Waals surface area contributed by atoms with Crippen molar-refractivity contribution in [3.05, 3.63) is 34.9 Å². The molecular formula is C13H18ClN. The van der Waals surface area contributed by atoms with Gasteiger partial charge in [-0.05, 0) is 43.0 Å². The zero-order valence-corrected chi connectivity index (χ0v) is 10.0. The van der Waals surface area contributed by atoms with E-state index >= 15 is 0 Å². The van der Waals surface area contributed by atoms with Gasteiger partial charge in [0.1, 0.15) is 0 Å². The molecule has 1 aliphatic heterocycles. The highest BCUT2D eigenvalue weighted by atomic mass is 35.5. The Morgan fingerprint density at radius 3 is 2.87 bits per heavy atom. The lowest BCUT2D eigenvalue weighted by Crippen LogP contribution is -2.45. The summed E-state index contributed by atoms with van der Waals surface area (Å²) in [5.74, 6) is 0.913. The van der Waals surface area contributed by atoms with Crippen LogP contribution < -0.4 is 0 Å². The number of nitrogens with zero attached hydrogens (tertiary/aromatic N) is 1. The van der Waals surface area contributed by atoms with Gasteiger partial charge in [0.25, 0.3) is 0 Å². The molecule has 0 aromatic heterocycles. The summed E-state index contributed by atoms with van der Waals surface area (Å²) in [7, 11) is 0. The van der Waals surface area contributed by atoms with Crippen molar-refractivity contribution in [1.82, 2.24) is 4.90 Å². The number of halogens is 1.